The van der Waals surface area contributed by atoms with Crippen LogP contribution in [-0.4, -0.2) is 57.3 Å². The van der Waals surface area contributed by atoms with E-state index in [4.69, 9.17) is 11.1 Å². The van der Waals surface area contributed by atoms with Gasteiger partial charge >= 0.3 is 0 Å². The molecule has 0 bridgehead atoms. The highest BCUT2D eigenvalue weighted by molar-refractivity contribution is 7.93. The summed E-state index contributed by atoms with van der Waals surface area (Å²) in [4.78, 5) is 0. The second-order valence-corrected chi connectivity index (χ2v) is 8.82. The topological polar surface area (TPSA) is 121 Å². The number of nitrogens with zero attached hydrogens (tertiary/aromatic N) is 1. The van der Waals surface area contributed by atoms with Gasteiger partial charge in [0, 0.05) is 12.8 Å². The fraction of sp³-hybridized carbons (Fsp3) is 0.889. The van der Waals surface area contributed by atoms with Gasteiger partial charge in [0.2, 0.25) is 10.0 Å². The molecular formula is C9H19N3O4S2. The molecule has 7 nitrogen and oxygen atoms in total. The number of amidine groups is 1. The van der Waals surface area contributed by atoms with Crippen LogP contribution in [-0.2, 0) is 19.9 Å². The molecule has 1 rings (SSSR count). The Bertz CT molecular complexity index is 512. The Hall–Kier alpha value is -0.670. The minimum atomic E-state index is -3.68. The SMILES string of the molecule is CS(=O)(=O)CCS(=O)(=O)N1CCCCC1C(=N)N. The molecule has 1 atom stereocenters. The second kappa shape index (κ2) is 5.54. The van der Waals surface area contributed by atoms with Gasteiger partial charge in [-0.05, 0) is 12.8 Å². The number of piperidine rings is 1. The van der Waals surface area contributed by atoms with Crippen LogP contribution in [0.15, 0.2) is 0 Å². The molecule has 1 saturated heterocycles. The zero-order chi connectivity index (χ0) is 14.0. The molecule has 0 radical (unpaired) electrons. The summed E-state index contributed by atoms with van der Waals surface area (Å²) in [5, 5.41) is 7.41. The molecule has 0 aromatic carbocycles. The third-order valence-corrected chi connectivity index (χ3v) is 5.96. The number of sulfonamides is 1. The van der Waals surface area contributed by atoms with Gasteiger partial charge in [-0.3, -0.25) is 5.41 Å². The Morgan fingerprint density at radius 2 is 1.89 bits per heavy atom. The largest absolute Gasteiger partial charge is 0.386 e. The van der Waals surface area contributed by atoms with E-state index in [9.17, 15) is 16.8 Å². The van der Waals surface area contributed by atoms with Crippen molar-refractivity contribution in [1.29, 1.82) is 5.41 Å². The minimum absolute atomic E-state index is 0.183. The van der Waals surface area contributed by atoms with E-state index in [-0.39, 0.29) is 5.84 Å². The molecule has 0 aromatic rings. The van der Waals surface area contributed by atoms with Crippen LogP contribution in [0.4, 0.5) is 0 Å². The molecule has 0 amide bonds. The van der Waals surface area contributed by atoms with Crippen molar-refractivity contribution in [2.24, 2.45) is 5.73 Å². The Labute approximate surface area is 108 Å². The predicted molar refractivity (Wildman–Crippen MR) is 69.8 cm³/mol. The van der Waals surface area contributed by atoms with Crippen molar-refractivity contribution in [2.75, 3.05) is 24.3 Å². The lowest BCUT2D eigenvalue weighted by Crippen LogP contribution is -2.51. The van der Waals surface area contributed by atoms with E-state index in [1.807, 2.05) is 0 Å². The molecule has 106 valence electrons. The smallest absolute Gasteiger partial charge is 0.215 e. The molecule has 1 aliphatic rings. The number of hydrogen-bond acceptors (Lipinski definition) is 5. The molecule has 0 aliphatic carbocycles. The molecule has 0 saturated carbocycles. The average molecular weight is 297 g/mol. The van der Waals surface area contributed by atoms with E-state index in [2.05, 4.69) is 0 Å². The highest BCUT2D eigenvalue weighted by atomic mass is 32.2. The zero-order valence-corrected chi connectivity index (χ0v) is 11.9. The Morgan fingerprint density at radius 3 is 2.39 bits per heavy atom. The Morgan fingerprint density at radius 1 is 1.28 bits per heavy atom. The average Bonchev–Trinajstić information content (AvgIpc) is 2.26. The van der Waals surface area contributed by atoms with Gasteiger partial charge in [-0.1, -0.05) is 6.42 Å². The highest BCUT2D eigenvalue weighted by Crippen LogP contribution is 2.20. The van der Waals surface area contributed by atoms with E-state index in [1.165, 1.54) is 4.31 Å². The quantitative estimate of drug-likeness (QED) is 0.506. The fourth-order valence-electron chi connectivity index (χ4n) is 1.92. The number of hydrogen-bond donors (Lipinski definition) is 2. The van der Waals surface area contributed by atoms with E-state index < -0.39 is 37.4 Å². The third kappa shape index (κ3) is 4.21. The summed E-state index contributed by atoms with van der Waals surface area (Å²) in [7, 11) is -7.00. The van der Waals surface area contributed by atoms with Crippen LogP contribution in [0.5, 0.6) is 0 Å². The van der Waals surface area contributed by atoms with Gasteiger partial charge in [-0.15, -0.1) is 0 Å². The third-order valence-electron chi connectivity index (χ3n) is 2.88. The molecule has 0 spiro atoms. The van der Waals surface area contributed by atoms with Crippen molar-refractivity contribution in [3.8, 4) is 0 Å². The summed E-state index contributed by atoms with van der Waals surface area (Å²) in [5.41, 5.74) is 5.40. The van der Waals surface area contributed by atoms with Gasteiger partial charge in [0.1, 0.15) is 15.7 Å². The molecular weight excluding hydrogens is 278 g/mol. The summed E-state index contributed by atoms with van der Waals surface area (Å²) < 4.78 is 47.3. The molecule has 1 fully saturated rings. The van der Waals surface area contributed by atoms with Crippen LogP contribution in [0.25, 0.3) is 0 Å². The summed E-state index contributed by atoms with van der Waals surface area (Å²) in [5.74, 6) is -1.04. The van der Waals surface area contributed by atoms with Crippen molar-refractivity contribution in [3.05, 3.63) is 0 Å². The summed E-state index contributed by atoms with van der Waals surface area (Å²) in [6.07, 6.45) is 3.05. The van der Waals surface area contributed by atoms with E-state index in [0.717, 1.165) is 12.7 Å². The Balaban J connectivity index is 2.85. The van der Waals surface area contributed by atoms with Crippen molar-refractivity contribution < 1.29 is 16.8 Å². The van der Waals surface area contributed by atoms with Crippen LogP contribution in [0, 0.1) is 5.41 Å². The maximum atomic E-state index is 12.1. The maximum absolute atomic E-state index is 12.1. The molecule has 1 heterocycles. The molecule has 1 unspecified atom stereocenters. The lowest BCUT2D eigenvalue weighted by atomic mass is 10.0. The van der Waals surface area contributed by atoms with Crippen molar-refractivity contribution in [2.45, 2.75) is 25.3 Å². The first-order chi connectivity index (χ1) is 8.13. The van der Waals surface area contributed by atoms with Crippen LogP contribution in [0.3, 0.4) is 0 Å². The normalized spacial score (nSPS) is 22.8. The lowest BCUT2D eigenvalue weighted by Gasteiger charge is -2.33. The molecule has 0 aromatic heterocycles. The summed E-state index contributed by atoms with van der Waals surface area (Å²) >= 11 is 0. The van der Waals surface area contributed by atoms with Crippen LogP contribution in [0.1, 0.15) is 19.3 Å². The van der Waals surface area contributed by atoms with E-state index in [0.29, 0.717) is 19.4 Å². The highest BCUT2D eigenvalue weighted by Gasteiger charge is 2.34. The number of rotatable bonds is 5. The Kier molecular flexibility index (Phi) is 4.73. The molecule has 3 N–H and O–H groups in total. The van der Waals surface area contributed by atoms with Crippen LogP contribution >= 0.6 is 0 Å². The van der Waals surface area contributed by atoms with Crippen molar-refractivity contribution in [1.82, 2.24) is 4.31 Å². The lowest BCUT2D eigenvalue weighted by molar-refractivity contribution is 0.304. The van der Waals surface area contributed by atoms with Gasteiger partial charge in [0.05, 0.1) is 17.5 Å². The standard InChI is InChI=1S/C9H19N3O4S2/c1-17(13,14)6-7-18(15,16)12-5-3-2-4-8(12)9(10)11/h8H,2-7H2,1H3,(H3,10,11). The molecule has 9 heteroatoms. The number of sulfone groups is 1. The molecule has 1 aliphatic heterocycles. The van der Waals surface area contributed by atoms with Crippen LogP contribution in [0.2, 0.25) is 0 Å². The van der Waals surface area contributed by atoms with E-state index in [1.54, 1.807) is 0 Å². The van der Waals surface area contributed by atoms with Gasteiger partial charge in [-0.25, -0.2) is 16.8 Å². The van der Waals surface area contributed by atoms with Gasteiger partial charge < -0.3 is 5.73 Å². The van der Waals surface area contributed by atoms with E-state index >= 15 is 0 Å². The van der Waals surface area contributed by atoms with Gasteiger partial charge in [0.25, 0.3) is 0 Å². The zero-order valence-electron chi connectivity index (χ0n) is 10.3. The van der Waals surface area contributed by atoms with Gasteiger partial charge in [-0.2, -0.15) is 4.31 Å². The number of nitrogens with two attached hydrogens (primary N) is 1. The monoisotopic (exact) mass is 297 g/mol. The fourth-order valence-corrected chi connectivity index (χ4v) is 5.22. The number of nitrogens with one attached hydrogen (secondary N) is 1. The van der Waals surface area contributed by atoms with Crippen LogP contribution < -0.4 is 5.73 Å². The predicted octanol–water partition coefficient (Wildman–Crippen LogP) is -0.849. The second-order valence-electron chi connectivity index (χ2n) is 4.52. The first kappa shape index (κ1) is 15.4. The maximum Gasteiger partial charge on any atom is 0.215 e. The van der Waals surface area contributed by atoms with Gasteiger partial charge in [0.15, 0.2) is 0 Å². The summed E-state index contributed by atoms with van der Waals surface area (Å²) in [6.45, 7) is 0.302. The first-order valence-electron chi connectivity index (χ1n) is 5.64. The summed E-state index contributed by atoms with van der Waals surface area (Å²) in [6, 6.07) is -0.622. The van der Waals surface area contributed by atoms with Crippen molar-refractivity contribution in [3.63, 3.8) is 0 Å². The van der Waals surface area contributed by atoms with Crippen molar-refractivity contribution >= 4 is 25.7 Å². The molecule has 18 heavy (non-hydrogen) atoms. The minimum Gasteiger partial charge on any atom is -0.386 e. The first-order valence-corrected chi connectivity index (χ1v) is 9.31.